The third-order valence-corrected chi connectivity index (χ3v) is 1.75. The van der Waals surface area contributed by atoms with Crippen molar-refractivity contribution in [2.45, 2.75) is 6.42 Å². The van der Waals surface area contributed by atoms with Gasteiger partial charge in [-0.1, -0.05) is 6.07 Å². The summed E-state index contributed by atoms with van der Waals surface area (Å²) in [6.07, 6.45) is 0.465. The largest absolute Gasteiger partial charge is 0.497 e. The molecule has 0 amide bonds. The fraction of sp³-hybridized carbons (Fsp3) is 0.333. The second-order valence-electron chi connectivity index (χ2n) is 2.58. The Kier molecular flexibility index (Phi) is 3.67. The molecule has 2 N–H and O–H groups in total. The van der Waals surface area contributed by atoms with Gasteiger partial charge in [-0.25, -0.2) is 10.3 Å². The van der Waals surface area contributed by atoms with E-state index in [4.69, 9.17) is 10.6 Å². The van der Waals surface area contributed by atoms with Gasteiger partial charge in [-0.3, -0.25) is 0 Å². The van der Waals surface area contributed by atoms with Crippen LogP contribution in [0.3, 0.4) is 0 Å². The van der Waals surface area contributed by atoms with E-state index in [9.17, 15) is 4.39 Å². The average molecular weight is 185 g/mol. The smallest absolute Gasteiger partial charge is 0.130 e. The molecular formula is C9H12FNO2. The molecule has 1 aromatic carbocycles. The van der Waals surface area contributed by atoms with Crippen molar-refractivity contribution in [1.29, 1.82) is 0 Å². The highest BCUT2D eigenvalue weighted by Crippen LogP contribution is 2.16. The standard InChI is InChI=1S/C9H12FNO2/c1-12-8-3-2-7(4-5-13-11)9(10)6-8/h2-3,6H,4-5,11H2,1H3. The molecule has 0 aliphatic rings. The van der Waals surface area contributed by atoms with Gasteiger partial charge < -0.3 is 9.57 Å². The van der Waals surface area contributed by atoms with Crippen molar-refractivity contribution in [1.82, 2.24) is 0 Å². The molecular weight excluding hydrogens is 173 g/mol. The number of hydrogen-bond donors (Lipinski definition) is 1. The number of rotatable bonds is 4. The van der Waals surface area contributed by atoms with Crippen molar-refractivity contribution in [3.8, 4) is 5.75 Å². The highest BCUT2D eigenvalue weighted by atomic mass is 19.1. The number of halogens is 1. The van der Waals surface area contributed by atoms with Gasteiger partial charge in [0.05, 0.1) is 13.7 Å². The van der Waals surface area contributed by atoms with Crippen LogP contribution >= 0.6 is 0 Å². The minimum absolute atomic E-state index is 0.295. The van der Waals surface area contributed by atoms with Gasteiger partial charge in [-0.05, 0) is 11.6 Å². The zero-order valence-corrected chi connectivity index (χ0v) is 7.42. The number of benzene rings is 1. The summed E-state index contributed by atoms with van der Waals surface area (Å²) in [6, 6.07) is 4.70. The van der Waals surface area contributed by atoms with Gasteiger partial charge in [0, 0.05) is 12.5 Å². The minimum Gasteiger partial charge on any atom is -0.497 e. The Morgan fingerprint density at radius 3 is 2.77 bits per heavy atom. The third kappa shape index (κ3) is 2.68. The summed E-state index contributed by atoms with van der Waals surface area (Å²) >= 11 is 0. The average Bonchev–Trinajstić information content (AvgIpc) is 2.16. The highest BCUT2D eigenvalue weighted by molar-refractivity contribution is 5.28. The molecule has 0 spiro atoms. The summed E-state index contributed by atoms with van der Waals surface area (Å²) in [5, 5.41) is 0. The Bertz CT molecular complexity index is 278. The topological polar surface area (TPSA) is 44.5 Å². The van der Waals surface area contributed by atoms with Gasteiger partial charge in [-0.15, -0.1) is 0 Å². The predicted octanol–water partition coefficient (Wildman–Crippen LogP) is 1.27. The quantitative estimate of drug-likeness (QED) is 0.718. The van der Waals surface area contributed by atoms with E-state index in [2.05, 4.69) is 4.84 Å². The molecule has 4 heteroatoms. The van der Waals surface area contributed by atoms with Crippen LogP contribution < -0.4 is 10.6 Å². The van der Waals surface area contributed by atoms with Crippen LogP contribution in [-0.4, -0.2) is 13.7 Å². The third-order valence-electron chi connectivity index (χ3n) is 1.75. The molecule has 72 valence electrons. The summed E-state index contributed by atoms with van der Waals surface area (Å²) in [7, 11) is 1.50. The molecule has 0 heterocycles. The molecule has 0 radical (unpaired) electrons. The monoisotopic (exact) mass is 185 g/mol. The summed E-state index contributed by atoms with van der Waals surface area (Å²) in [5.74, 6) is 5.05. The van der Waals surface area contributed by atoms with Gasteiger partial charge >= 0.3 is 0 Å². The summed E-state index contributed by atoms with van der Waals surface area (Å²) in [5.41, 5.74) is 0.575. The maximum absolute atomic E-state index is 13.2. The zero-order chi connectivity index (χ0) is 9.68. The molecule has 0 fully saturated rings. The van der Waals surface area contributed by atoms with Crippen LogP contribution in [0.5, 0.6) is 5.75 Å². The lowest BCUT2D eigenvalue weighted by molar-refractivity contribution is 0.140. The Labute approximate surface area is 76.2 Å². The van der Waals surface area contributed by atoms with Crippen LogP contribution in [0.25, 0.3) is 0 Å². The molecule has 0 saturated carbocycles. The molecule has 0 aliphatic carbocycles. The fourth-order valence-corrected chi connectivity index (χ4v) is 1.03. The SMILES string of the molecule is COc1ccc(CCON)c(F)c1. The maximum atomic E-state index is 13.2. The first-order valence-electron chi connectivity index (χ1n) is 3.92. The molecule has 0 saturated heterocycles. The van der Waals surface area contributed by atoms with Crippen LogP contribution in [-0.2, 0) is 11.3 Å². The van der Waals surface area contributed by atoms with E-state index in [1.807, 2.05) is 0 Å². The first-order valence-corrected chi connectivity index (χ1v) is 3.92. The van der Waals surface area contributed by atoms with Crippen molar-refractivity contribution in [3.63, 3.8) is 0 Å². The van der Waals surface area contributed by atoms with E-state index < -0.39 is 0 Å². The summed E-state index contributed by atoms with van der Waals surface area (Å²) in [4.78, 5) is 4.36. The predicted molar refractivity (Wildman–Crippen MR) is 46.8 cm³/mol. The lowest BCUT2D eigenvalue weighted by atomic mass is 10.1. The van der Waals surface area contributed by atoms with Gasteiger partial charge in [0.1, 0.15) is 11.6 Å². The second-order valence-corrected chi connectivity index (χ2v) is 2.58. The molecule has 3 nitrogen and oxygen atoms in total. The Balaban J connectivity index is 2.73. The van der Waals surface area contributed by atoms with E-state index in [1.54, 1.807) is 12.1 Å². The van der Waals surface area contributed by atoms with E-state index in [0.29, 0.717) is 24.3 Å². The van der Waals surface area contributed by atoms with E-state index in [0.717, 1.165) is 0 Å². The van der Waals surface area contributed by atoms with Gasteiger partial charge in [-0.2, -0.15) is 0 Å². The number of ether oxygens (including phenoxy) is 1. The summed E-state index contributed by atoms with van der Waals surface area (Å²) < 4.78 is 18.0. The number of nitrogens with two attached hydrogens (primary N) is 1. The molecule has 13 heavy (non-hydrogen) atoms. The van der Waals surface area contributed by atoms with Gasteiger partial charge in [0.25, 0.3) is 0 Å². The fourth-order valence-electron chi connectivity index (χ4n) is 1.03. The van der Waals surface area contributed by atoms with Crippen molar-refractivity contribution in [2.24, 2.45) is 5.90 Å². The van der Waals surface area contributed by atoms with Crippen LogP contribution in [0.4, 0.5) is 4.39 Å². The first kappa shape index (κ1) is 9.95. The first-order chi connectivity index (χ1) is 6.27. The maximum Gasteiger partial charge on any atom is 0.130 e. The van der Waals surface area contributed by atoms with E-state index in [-0.39, 0.29) is 5.82 Å². The normalized spacial score (nSPS) is 10.1. The Hall–Kier alpha value is -1.13. The zero-order valence-electron chi connectivity index (χ0n) is 7.42. The molecule has 0 unspecified atom stereocenters. The van der Waals surface area contributed by atoms with Crippen molar-refractivity contribution >= 4 is 0 Å². The van der Waals surface area contributed by atoms with Crippen LogP contribution in [0.1, 0.15) is 5.56 Å². The van der Waals surface area contributed by atoms with Gasteiger partial charge in [0.2, 0.25) is 0 Å². The van der Waals surface area contributed by atoms with E-state index in [1.165, 1.54) is 13.2 Å². The second kappa shape index (κ2) is 4.79. The lowest BCUT2D eigenvalue weighted by Crippen LogP contribution is -2.05. The lowest BCUT2D eigenvalue weighted by Gasteiger charge is -2.04. The highest BCUT2D eigenvalue weighted by Gasteiger charge is 2.03. The molecule has 0 aromatic heterocycles. The molecule has 0 bridgehead atoms. The van der Waals surface area contributed by atoms with Crippen molar-refractivity contribution in [2.75, 3.05) is 13.7 Å². The molecule has 0 atom stereocenters. The van der Waals surface area contributed by atoms with Crippen LogP contribution in [0.15, 0.2) is 18.2 Å². The number of methoxy groups -OCH3 is 1. The minimum atomic E-state index is -0.295. The Morgan fingerprint density at radius 1 is 1.46 bits per heavy atom. The van der Waals surface area contributed by atoms with E-state index >= 15 is 0 Å². The number of hydrogen-bond acceptors (Lipinski definition) is 3. The Morgan fingerprint density at radius 2 is 2.23 bits per heavy atom. The van der Waals surface area contributed by atoms with Crippen LogP contribution in [0, 0.1) is 5.82 Å². The molecule has 1 aromatic rings. The van der Waals surface area contributed by atoms with Crippen molar-refractivity contribution in [3.05, 3.63) is 29.6 Å². The van der Waals surface area contributed by atoms with Crippen LogP contribution in [0.2, 0.25) is 0 Å². The van der Waals surface area contributed by atoms with Gasteiger partial charge in [0.15, 0.2) is 0 Å². The molecule has 0 aliphatic heterocycles. The molecule has 1 rings (SSSR count). The summed E-state index contributed by atoms with van der Waals surface area (Å²) in [6.45, 7) is 0.309. The van der Waals surface area contributed by atoms with Crippen molar-refractivity contribution < 1.29 is 14.0 Å².